The Morgan fingerprint density at radius 2 is 1.84 bits per heavy atom. The Kier molecular flexibility index (Phi) is 5.79. The number of anilines is 1. The van der Waals surface area contributed by atoms with E-state index < -0.39 is 22.0 Å². The van der Waals surface area contributed by atoms with Gasteiger partial charge in [-0.3, -0.25) is 9.10 Å². The number of hydrogen-bond donors (Lipinski definition) is 1. The molecule has 0 saturated heterocycles. The number of nitrogens with zero attached hydrogens (tertiary/aromatic N) is 1. The standard InChI is InChI=1S/C18H21FN2O3S/c1-13-5-4-6-17(11-13)21(25(3,23)24)14(2)18(22)20-12-15-7-9-16(19)10-8-15/h4-11,14H,12H2,1-3H3,(H,20,22)/t14-/m0/s1. The first-order chi connectivity index (χ1) is 11.7. The summed E-state index contributed by atoms with van der Waals surface area (Å²) in [6.07, 6.45) is 1.07. The SMILES string of the molecule is Cc1cccc(N([C@@H](C)C(=O)NCc2ccc(F)cc2)S(C)(=O)=O)c1. The first-order valence-electron chi connectivity index (χ1n) is 7.76. The van der Waals surface area contributed by atoms with Gasteiger partial charge in [0.15, 0.2) is 0 Å². The predicted molar refractivity (Wildman–Crippen MR) is 96.2 cm³/mol. The molecule has 7 heteroatoms. The van der Waals surface area contributed by atoms with Crippen molar-refractivity contribution >= 4 is 21.6 Å². The highest BCUT2D eigenvalue weighted by Crippen LogP contribution is 2.22. The van der Waals surface area contributed by atoms with E-state index in [9.17, 15) is 17.6 Å². The molecule has 0 radical (unpaired) electrons. The normalized spacial score (nSPS) is 12.5. The van der Waals surface area contributed by atoms with Crippen LogP contribution < -0.4 is 9.62 Å². The topological polar surface area (TPSA) is 66.5 Å². The molecule has 0 aliphatic heterocycles. The third-order valence-corrected chi connectivity index (χ3v) is 4.97. The molecule has 0 heterocycles. The number of sulfonamides is 1. The maximum Gasteiger partial charge on any atom is 0.243 e. The Hall–Kier alpha value is -2.41. The van der Waals surface area contributed by atoms with Crippen molar-refractivity contribution in [3.63, 3.8) is 0 Å². The number of carbonyl (C=O) groups is 1. The van der Waals surface area contributed by atoms with Gasteiger partial charge >= 0.3 is 0 Å². The highest BCUT2D eigenvalue weighted by molar-refractivity contribution is 7.92. The van der Waals surface area contributed by atoms with Crippen molar-refractivity contribution < 1.29 is 17.6 Å². The van der Waals surface area contributed by atoms with Crippen LogP contribution in [0.3, 0.4) is 0 Å². The molecule has 0 saturated carbocycles. The molecule has 0 aromatic heterocycles. The molecule has 0 spiro atoms. The Morgan fingerprint density at radius 1 is 1.20 bits per heavy atom. The van der Waals surface area contributed by atoms with Crippen LogP contribution in [-0.2, 0) is 21.4 Å². The molecule has 2 rings (SSSR count). The molecule has 25 heavy (non-hydrogen) atoms. The third kappa shape index (κ3) is 5.03. The molecule has 1 atom stereocenters. The van der Waals surface area contributed by atoms with E-state index >= 15 is 0 Å². The number of nitrogens with one attached hydrogen (secondary N) is 1. The summed E-state index contributed by atoms with van der Waals surface area (Å²) in [6.45, 7) is 3.57. The first kappa shape index (κ1) is 18.9. The lowest BCUT2D eigenvalue weighted by Gasteiger charge is -2.28. The van der Waals surface area contributed by atoms with Crippen LogP contribution >= 0.6 is 0 Å². The van der Waals surface area contributed by atoms with Crippen LogP contribution in [0.15, 0.2) is 48.5 Å². The fourth-order valence-electron chi connectivity index (χ4n) is 2.51. The molecule has 2 aromatic carbocycles. The summed E-state index contributed by atoms with van der Waals surface area (Å²) in [6, 6.07) is 11.8. The lowest BCUT2D eigenvalue weighted by Crippen LogP contribution is -2.47. The summed E-state index contributed by atoms with van der Waals surface area (Å²) in [5, 5.41) is 2.69. The van der Waals surface area contributed by atoms with Crippen LogP contribution in [0.2, 0.25) is 0 Å². The van der Waals surface area contributed by atoms with E-state index in [-0.39, 0.29) is 12.4 Å². The van der Waals surface area contributed by atoms with Crippen LogP contribution in [0.5, 0.6) is 0 Å². The predicted octanol–water partition coefficient (Wildman–Crippen LogP) is 2.61. The average Bonchev–Trinajstić information content (AvgIpc) is 2.53. The van der Waals surface area contributed by atoms with Crippen LogP contribution in [0.25, 0.3) is 0 Å². The van der Waals surface area contributed by atoms with E-state index in [0.717, 1.165) is 21.7 Å². The van der Waals surface area contributed by atoms with Gasteiger partial charge in [0.05, 0.1) is 11.9 Å². The zero-order chi connectivity index (χ0) is 18.6. The zero-order valence-electron chi connectivity index (χ0n) is 14.4. The van der Waals surface area contributed by atoms with Gasteiger partial charge < -0.3 is 5.32 Å². The monoisotopic (exact) mass is 364 g/mol. The number of hydrogen-bond acceptors (Lipinski definition) is 3. The molecule has 2 aromatic rings. The van der Waals surface area contributed by atoms with Gasteiger partial charge in [0.2, 0.25) is 15.9 Å². The number of benzene rings is 2. The quantitative estimate of drug-likeness (QED) is 0.857. The molecule has 0 aliphatic carbocycles. The van der Waals surface area contributed by atoms with Crippen molar-refractivity contribution in [3.8, 4) is 0 Å². The second-order valence-electron chi connectivity index (χ2n) is 5.92. The van der Waals surface area contributed by atoms with Gasteiger partial charge in [0, 0.05) is 6.54 Å². The number of aryl methyl sites for hydroxylation is 1. The largest absolute Gasteiger partial charge is 0.350 e. The molecule has 0 aliphatic rings. The van der Waals surface area contributed by atoms with Crippen molar-refractivity contribution in [2.24, 2.45) is 0 Å². The van der Waals surface area contributed by atoms with Gasteiger partial charge in [-0.05, 0) is 49.2 Å². The molecular weight excluding hydrogens is 343 g/mol. The van der Waals surface area contributed by atoms with Crippen molar-refractivity contribution in [3.05, 3.63) is 65.5 Å². The van der Waals surface area contributed by atoms with Crippen molar-refractivity contribution in [1.29, 1.82) is 0 Å². The molecule has 0 fully saturated rings. The zero-order valence-corrected chi connectivity index (χ0v) is 15.2. The second-order valence-corrected chi connectivity index (χ2v) is 7.78. The van der Waals surface area contributed by atoms with Gasteiger partial charge in [-0.1, -0.05) is 24.3 Å². The van der Waals surface area contributed by atoms with Crippen LogP contribution in [0.4, 0.5) is 10.1 Å². The fourth-order valence-corrected chi connectivity index (χ4v) is 3.68. The molecule has 0 unspecified atom stereocenters. The van der Waals surface area contributed by atoms with Gasteiger partial charge in [0.1, 0.15) is 11.9 Å². The van der Waals surface area contributed by atoms with Crippen LogP contribution in [0, 0.1) is 12.7 Å². The Morgan fingerprint density at radius 3 is 2.40 bits per heavy atom. The van der Waals surface area contributed by atoms with E-state index in [0.29, 0.717) is 5.69 Å². The Labute approximate surface area is 147 Å². The van der Waals surface area contributed by atoms with Crippen molar-refractivity contribution in [2.75, 3.05) is 10.6 Å². The third-order valence-electron chi connectivity index (χ3n) is 3.72. The van der Waals surface area contributed by atoms with Gasteiger partial charge in [-0.15, -0.1) is 0 Å². The molecular formula is C18H21FN2O3S. The lowest BCUT2D eigenvalue weighted by atomic mass is 10.2. The smallest absolute Gasteiger partial charge is 0.243 e. The van der Waals surface area contributed by atoms with Crippen LogP contribution in [-0.4, -0.2) is 26.6 Å². The van der Waals surface area contributed by atoms with Gasteiger partial charge in [0.25, 0.3) is 0 Å². The fraction of sp³-hybridized carbons (Fsp3) is 0.278. The van der Waals surface area contributed by atoms with E-state index in [2.05, 4.69) is 5.32 Å². The average molecular weight is 364 g/mol. The number of amides is 1. The molecule has 1 amide bonds. The lowest BCUT2D eigenvalue weighted by molar-refractivity contribution is -0.122. The minimum atomic E-state index is -3.64. The second kappa shape index (κ2) is 7.65. The molecule has 1 N–H and O–H groups in total. The summed E-state index contributed by atoms with van der Waals surface area (Å²) in [7, 11) is -3.64. The highest BCUT2D eigenvalue weighted by Gasteiger charge is 2.28. The van der Waals surface area contributed by atoms with Crippen LogP contribution in [0.1, 0.15) is 18.1 Å². The van der Waals surface area contributed by atoms with E-state index in [4.69, 9.17) is 0 Å². The number of rotatable bonds is 6. The maximum absolute atomic E-state index is 12.9. The van der Waals surface area contributed by atoms with Gasteiger partial charge in [-0.25, -0.2) is 12.8 Å². The Balaban J connectivity index is 2.17. The van der Waals surface area contributed by atoms with Crippen molar-refractivity contribution in [1.82, 2.24) is 5.32 Å². The Bertz CT molecular complexity index is 851. The molecule has 134 valence electrons. The summed E-state index contributed by atoms with van der Waals surface area (Å²) in [5.74, 6) is -0.789. The molecule has 5 nitrogen and oxygen atoms in total. The summed E-state index contributed by atoms with van der Waals surface area (Å²) < 4.78 is 38.4. The first-order valence-corrected chi connectivity index (χ1v) is 9.61. The van der Waals surface area contributed by atoms with E-state index in [1.165, 1.54) is 19.1 Å². The minimum absolute atomic E-state index is 0.189. The minimum Gasteiger partial charge on any atom is -0.350 e. The highest BCUT2D eigenvalue weighted by atomic mass is 32.2. The maximum atomic E-state index is 12.9. The van der Waals surface area contributed by atoms with E-state index in [1.54, 1.807) is 30.3 Å². The van der Waals surface area contributed by atoms with E-state index in [1.807, 2.05) is 13.0 Å². The number of carbonyl (C=O) groups excluding carboxylic acids is 1. The number of halogens is 1. The van der Waals surface area contributed by atoms with Crippen molar-refractivity contribution in [2.45, 2.75) is 26.4 Å². The summed E-state index contributed by atoms with van der Waals surface area (Å²) in [4.78, 5) is 12.4. The molecule has 0 bridgehead atoms. The van der Waals surface area contributed by atoms with Gasteiger partial charge in [-0.2, -0.15) is 0 Å². The summed E-state index contributed by atoms with van der Waals surface area (Å²) in [5.41, 5.74) is 2.06. The summed E-state index contributed by atoms with van der Waals surface area (Å²) >= 11 is 0.